The Balaban J connectivity index is 0.967. The molecule has 0 aromatic heterocycles. The minimum Gasteiger partial charge on any atom is -0.394 e. The summed E-state index contributed by atoms with van der Waals surface area (Å²) in [5.41, 5.74) is -1.92. The van der Waals surface area contributed by atoms with Gasteiger partial charge in [-0.1, -0.05) is 27.7 Å². The van der Waals surface area contributed by atoms with Gasteiger partial charge >= 0.3 is 0 Å². The summed E-state index contributed by atoms with van der Waals surface area (Å²) in [5, 5.41) is 86.7. The predicted molar refractivity (Wildman–Crippen MR) is 180 cm³/mol. The summed E-state index contributed by atoms with van der Waals surface area (Å²) in [6.45, 7) is 8.89. The molecule has 8 fully saturated rings. The summed E-state index contributed by atoms with van der Waals surface area (Å²) in [6, 6.07) is 0. The molecule has 298 valence electrons. The van der Waals surface area contributed by atoms with E-state index in [4.69, 9.17) is 28.4 Å². The summed E-state index contributed by atoms with van der Waals surface area (Å²) in [7, 11) is 0. The first-order valence-electron chi connectivity index (χ1n) is 19.9. The first kappa shape index (κ1) is 38.3. The van der Waals surface area contributed by atoms with E-state index in [-0.39, 0.29) is 36.9 Å². The molecule has 4 aliphatic heterocycles. The monoisotopic (exact) mass is 742 g/mol. The lowest BCUT2D eigenvalue weighted by atomic mass is 9.42. The molecule has 52 heavy (non-hydrogen) atoms. The molecule has 22 atom stereocenters. The Morgan fingerprint density at radius 3 is 2.27 bits per heavy atom. The molecule has 14 nitrogen and oxygen atoms in total. The molecular weight excluding hydrogens is 680 g/mol. The molecule has 8 aliphatic rings. The second-order valence-corrected chi connectivity index (χ2v) is 18.5. The molecule has 0 aromatic carbocycles. The van der Waals surface area contributed by atoms with Gasteiger partial charge in [-0.2, -0.15) is 0 Å². The molecule has 0 aromatic rings. The van der Waals surface area contributed by atoms with E-state index in [1.54, 1.807) is 0 Å². The second kappa shape index (κ2) is 13.5. The largest absolute Gasteiger partial charge is 0.394 e. The smallest absolute Gasteiger partial charge is 0.187 e. The Labute approximate surface area is 305 Å². The Kier molecular flexibility index (Phi) is 9.97. The lowest BCUT2D eigenvalue weighted by molar-refractivity contribution is -0.366. The summed E-state index contributed by atoms with van der Waals surface area (Å²) in [5.74, 6) is 1.67. The number of fused-ring (bicyclic) bond motifs is 7. The van der Waals surface area contributed by atoms with Gasteiger partial charge in [-0.3, -0.25) is 0 Å². The van der Waals surface area contributed by atoms with Crippen LogP contribution in [0.4, 0.5) is 0 Å². The molecular formula is C38H62O14. The van der Waals surface area contributed by atoms with Crippen LogP contribution in [-0.2, 0) is 28.4 Å². The summed E-state index contributed by atoms with van der Waals surface area (Å²) < 4.78 is 36.9. The molecule has 4 saturated carbocycles. The SMILES string of the molecule is CC1CCC2(OC1)OC1CC3C4CC[C@]5(O)C[C@@H](O[C@@H]6OC[C@H](O)[C@H](O)[C@H]6O[C@@H]6O[C@H](CO)[C@@H](O)[C@@H](O)[C@H]6O)C[C@@H](O)[C@]5(C)C4CCC3(C)C1C2C. The van der Waals surface area contributed by atoms with Gasteiger partial charge in [-0.15, -0.1) is 0 Å². The topological polar surface area (TPSA) is 217 Å². The first-order chi connectivity index (χ1) is 24.6. The van der Waals surface area contributed by atoms with Crippen molar-refractivity contribution in [2.75, 3.05) is 19.8 Å². The van der Waals surface area contributed by atoms with Crippen molar-refractivity contribution >= 4 is 0 Å². The van der Waals surface area contributed by atoms with Gasteiger partial charge in [0.25, 0.3) is 0 Å². The van der Waals surface area contributed by atoms with Gasteiger partial charge < -0.3 is 69.3 Å². The van der Waals surface area contributed by atoms with Crippen LogP contribution in [0.3, 0.4) is 0 Å². The minimum absolute atomic E-state index is 0.0952. The molecule has 8 N–H and O–H groups in total. The molecule has 0 radical (unpaired) electrons. The standard InChI is InChI=1S/C38H62O14/c1-17-5-10-38(48-15-17)18(2)27-24(52-38)12-22-20-6-9-37(46)13-19(11-26(41)36(37,4)21(20)7-8-35(22,27)3)49-34-32(28(42)23(40)16-47-34)51-33-31(45)30(44)29(43)25(14-39)50-33/h17-34,39-46H,5-16H2,1-4H3/t17?,18?,19-,20?,21?,22?,23-,24?,25+,26+,27?,28-,29+,30+,31+,32+,33-,34-,35?,36-,37-,38?/m0/s1. The number of aliphatic hydroxyl groups is 8. The fourth-order valence-electron chi connectivity index (χ4n) is 13.0. The van der Waals surface area contributed by atoms with Gasteiger partial charge in [0.1, 0.15) is 42.7 Å². The van der Waals surface area contributed by atoms with Crippen LogP contribution in [0.15, 0.2) is 0 Å². The van der Waals surface area contributed by atoms with Crippen molar-refractivity contribution in [1.29, 1.82) is 0 Å². The third-order valence-electron chi connectivity index (χ3n) is 16.0. The lowest BCUT2D eigenvalue weighted by Gasteiger charge is -2.65. The van der Waals surface area contributed by atoms with E-state index in [1.807, 2.05) is 0 Å². The van der Waals surface area contributed by atoms with E-state index in [2.05, 4.69) is 27.7 Å². The molecule has 8 rings (SSSR count). The number of ether oxygens (including phenoxy) is 6. The molecule has 0 amide bonds. The van der Waals surface area contributed by atoms with Gasteiger partial charge in [-0.25, -0.2) is 0 Å². The van der Waals surface area contributed by atoms with Gasteiger partial charge in [0.05, 0.1) is 43.7 Å². The highest BCUT2D eigenvalue weighted by molar-refractivity contribution is 5.19. The average molecular weight is 743 g/mol. The molecule has 14 heteroatoms. The number of hydrogen-bond acceptors (Lipinski definition) is 14. The number of hydrogen-bond donors (Lipinski definition) is 8. The fourth-order valence-corrected chi connectivity index (χ4v) is 13.0. The predicted octanol–water partition coefficient (Wildman–Crippen LogP) is 0.167. The summed E-state index contributed by atoms with van der Waals surface area (Å²) in [6.07, 6.45) is -8.20. The Bertz CT molecular complexity index is 1300. The van der Waals surface area contributed by atoms with E-state index >= 15 is 0 Å². The maximum absolute atomic E-state index is 12.6. The van der Waals surface area contributed by atoms with Crippen LogP contribution in [0.25, 0.3) is 0 Å². The van der Waals surface area contributed by atoms with Crippen molar-refractivity contribution in [1.82, 2.24) is 0 Å². The highest BCUT2D eigenvalue weighted by atomic mass is 16.8. The van der Waals surface area contributed by atoms with E-state index in [1.165, 1.54) is 0 Å². The average Bonchev–Trinajstić information content (AvgIpc) is 3.56. The third-order valence-corrected chi connectivity index (χ3v) is 16.0. The van der Waals surface area contributed by atoms with Crippen LogP contribution in [0.2, 0.25) is 0 Å². The van der Waals surface area contributed by atoms with Gasteiger partial charge in [0, 0.05) is 30.6 Å². The normalized spacial score (nSPS) is 60.5. The minimum atomic E-state index is -1.74. The van der Waals surface area contributed by atoms with Crippen LogP contribution in [0.5, 0.6) is 0 Å². The fraction of sp³-hybridized carbons (Fsp3) is 1.00. The van der Waals surface area contributed by atoms with E-state index in [0.29, 0.717) is 36.0 Å². The Morgan fingerprint density at radius 1 is 0.788 bits per heavy atom. The molecule has 4 saturated heterocycles. The molecule has 4 aliphatic carbocycles. The third kappa shape index (κ3) is 5.64. The van der Waals surface area contributed by atoms with Crippen molar-refractivity contribution in [3.8, 4) is 0 Å². The van der Waals surface area contributed by atoms with Gasteiger partial charge in [0.2, 0.25) is 0 Å². The van der Waals surface area contributed by atoms with Crippen molar-refractivity contribution < 1.29 is 69.3 Å². The van der Waals surface area contributed by atoms with E-state index < -0.39 is 90.9 Å². The zero-order valence-corrected chi connectivity index (χ0v) is 30.9. The first-order valence-corrected chi connectivity index (χ1v) is 19.9. The highest BCUT2D eigenvalue weighted by Gasteiger charge is 2.72. The quantitative estimate of drug-likeness (QED) is 0.176. The van der Waals surface area contributed by atoms with Crippen molar-refractivity contribution in [3.05, 3.63) is 0 Å². The lowest BCUT2D eigenvalue weighted by Crippen LogP contribution is -2.68. The van der Waals surface area contributed by atoms with Crippen LogP contribution in [-0.4, -0.2) is 146 Å². The van der Waals surface area contributed by atoms with Gasteiger partial charge in [0.15, 0.2) is 18.4 Å². The van der Waals surface area contributed by atoms with Gasteiger partial charge in [-0.05, 0) is 73.5 Å². The molecule has 4 heterocycles. The maximum atomic E-state index is 12.6. The van der Waals surface area contributed by atoms with Crippen molar-refractivity contribution in [2.24, 2.45) is 46.3 Å². The van der Waals surface area contributed by atoms with Crippen molar-refractivity contribution in [2.45, 2.75) is 170 Å². The molecule has 0 bridgehead atoms. The highest BCUT2D eigenvalue weighted by Crippen LogP contribution is 2.72. The summed E-state index contributed by atoms with van der Waals surface area (Å²) >= 11 is 0. The van der Waals surface area contributed by atoms with Crippen LogP contribution >= 0.6 is 0 Å². The van der Waals surface area contributed by atoms with E-state index in [0.717, 1.165) is 45.1 Å². The number of rotatable bonds is 5. The maximum Gasteiger partial charge on any atom is 0.187 e. The Morgan fingerprint density at radius 2 is 1.56 bits per heavy atom. The number of aliphatic hydroxyl groups excluding tert-OH is 7. The zero-order chi connectivity index (χ0) is 37.1. The van der Waals surface area contributed by atoms with Crippen molar-refractivity contribution in [3.63, 3.8) is 0 Å². The molecule has 1 spiro atoms. The molecule has 9 unspecified atom stereocenters. The van der Waals surface area contributed by atoms with Crippen LogP contribution in [0.1, 0.15) is 85.5 Å². The second-order valence-electron chi connectivity index (χ2n) is 18.5. The van der Waals surface area contributed by atoms with Crippen LogP contribution in [0, 0.1) is 46.3 Å². The van der Waals surface area contributed by atoms with E-state index in [9.17, 15) is 40.9 Å². The van der Waals surface area contributed by atoms with Crippen LogP contribution < -0.4 is 0 Å². The Hall–Kier alpha value is -0.560. The zero-order valence-electron chi connectivity index (χ0n) is 30.9. The summed E-state index contributed by atoms with van der Waals surface area (Å²) in [4.78, 5) is 0.